The number of halogens is 1. The highest BCUT2D eigenvalue weighted by molar-refractivity contribution is 5.94. The molecular weight excluding hydrogens is 363 g/mol. The molecule has 0 saturated heterocycles. The van der Waals surface area contributed by atoms with Crippen LogP contribution in [-0.4, -0.2) is 15.8 Å². The zero-order chi connectivity index (χ0) is 20.1. The number of allylic oxidation sites excluding steroid dienone is 1. The van der Waals surface area contributed by atoms with Crippen LogP contribution in [0.5, 0.6) is 0 Å². The summed E-state index contributed by atoms with van der Waals surface area (Å²) in [4.78, 5) is 21.3. The first kappa shape index (κ1) is 19.4. The Morgan fingerprint density at radius 2 is 1.97 bits per heavy atom. The molecule has 1 aliphatic carbocycles. The normalized spacial score (nSPS) is 13.7. The van der Waals surface area contributed by atoms with Crippen LogP contribution in [0.2, 0.25) is 0 Å². The summed E-state index contributed by atoms with van der Waals surface area (Å²) in [6, 6.07) is 10.7. The summed E-state index contributed by atoms with van der Waals surface area (Å²) in [7, 11) is 0. The number of rotatable bonds is 7. The number of hydrogen-bond acceptors (Lipinski definition) is 3. The van der Waals surface area contributed by atoms with Gasteiger partial charge in [0.25, 0.3) is 0 Å². The van der Waals surface area contributed by atoms with Crippen LogP contribution in [0, 0.1) is 5.82 Å². The van der Waals surface area contributed by atoms with Gasteiger partial charge >= 0.3 is 0 Å². The van der Waals surface area contributed by atoms with E-state index in [0.29, 0.717) is 6.42 Å². The number of aromatic nitrogens is 2. The van der Waals surface area contributed by atoms with Gasteiger partial charge in [-0.1, -0.05) is 6.07 Å². The first-order valence-electron chi connectivity index (χ1n) is 10.4. The largest absolute Gasteiger partial charge is 0.295 e. The second kappa shape index (κ2) is 9.08. The average molecular weight is 388 g/mol. The van der Waals surface area contributed by atoms with E-state index in [9.17, 15) is 9.18 Å². The van der Waals surface area contributed by atoms with Gasteiger partial charge in [0.05, 0.1) is 5.52 Å². The van der Waals surface area contributed by atoms with Gasteiger partial charge in [-0.15, -0.1) is 0 Å². The zero-order valence-corrected chi connectivity index (χ0v) is 16.5. The van der Waals surface area contributed by atoms with Crippen molar-refractivity contribution in [2.45, 2.75) is 51.4 Å². The molecule has 0 fully saturated rings. The van der Waals surface area contributed by atoms with Gasteiger partial charge in [0, 0.05) is 29.4 Å². The first-order chi connectivity index (χ1) is 14.2. The lowest BCUT2D eigenvalue weighted by Crippen LogP contribution is -2.07. The van der Waals surface area contributed by atoms with E-state index in [0.717, 1.165) is 54.3 Å². The summed E-state index contributed by atoms with van der Waals surface area (Å²) in [6.45, 7) is 0. The third-order valence-corrected chi connectivity index (χ3v) is 5.47. The van der Waals surface area contributed by atoms with Crippen LogP contribution in [0.4, 0.5) is 4.39 Å². The van der Waals surface area contributed by atoms with E-state index in [-0.39, 0.29) is 11.6 Å². The maximum absolute atomic E-state index is 13.4. The molecule has 0 bridgehead atoms. The van der Waals surface area contributed by atoms with Crippen molar-refractivity contribution < 1.29 is 9.18 Å². The molecule has 0 N–H and O–H groups in total. The smallest absolute Gasteiger partial charge is 0.155 e. The molecule has 0 amide bonds. The van der Waals surface area contributed by atoms with Gasteiger partial charge in [0.2, 0.25) is 0 Å². The van der Waals surface area contributed by atoms with Crippen molar-refractivity contribution >= 4 is 22.8 Å². The van der Waals surface area contributed by atoms with Crippen LogP contribution < -0.4 is 0 Å². The topological polar surface area (TPSA) is 42.9 Å². The van der Waals surface area contributed by atoms with Crippen LogP contribution in [-0.2, 0) is 24.1 Å². The third-order valence-electron chi connectivity index (χ3n) is 5.47. The quantitative estimate of drug-likeness (QED) is 0.388. The minimum atomic E-state index is -0.287. The maximum Gasteiger partial charge on any atom is 0.155 e. The molecule has 148 valence electrons. The van der Waals surface area contributed by atoms with E-state index in [4.69, 9.17) is 4.98 Å². The second-order valence-electron chi connectivity index (χ2n) is 7.73. The zero-order valence-electron chi connectivity index (χ0n) is 16.5. The van der Waals surface area contributed by atoms with Crippen molar-refractivity contribution in [2.75, 3.05) is 0 Å². The number of carbonyl (C=O) groups excluding carboxylic acids is 1. The van der Waals surface area contributed by atoms with Crippen molar-refractivity contribution in [3.05, 3.63) is 77.0 Å². The van der Waals surface area contributed by atoms with E-state index in [1.54, 1.807) is 24.4 Å². The Bertz CT molecular complexity index is 1060. The molecule has 0 unspecified atom stereocenters. The molecule has 29 heavy (non-hydrogen) atoms. The molecule has 0 spiro atoms. The number of benzene rings is 1. The highest BCUT2D eigenvalue weighted by atomic mass is 19.1. The van der Waals surface area contributed by atoms with Crippen molar-refractivity contribution in [1.82, 2.24) is 9.97 Å². The summed E-state index contributed by atoms with van der Waals surface area (Å²) >= 11 is 0. The first-order valence-corrected chi connectivity index (χ1v) is 10.4. The average Bonchev–Trinajstić information content (AvgIpc) is 2.75. The van der Waals surface area contributed by atoms with Gasteiger partial charge in [-0.05, 0) is 98.6 Å². The fraction of sp³-hybridized carbons (Fsp3) is 0.320. The Hall–Kier alpha value is -2.88. The van der Waals surface area contributed by atoms with Crippen LogP contribution >= 0.6 is 0 Å². The molecule has 2 aromatic heterocycles. The molecule has 0 atom stereocenters. The number of nitrogens with zero attached hydrogens (tertiary/aromatic N) is 2. The van der Waals surface area contributed by atoms with E-state index >= 15 is 0 Å². The van der Waals surface area contributed by atoms with Crippen molar-refractivity contribution in [1.29, 1.82) is 0 Å². The minimum Gasteiger partial charge on any atom is -0.295 e. The van der Waals surface area contributed by atoms with E-state index in [1.807, 2.05) is 6.07 Å². The van der Waals surface area contributed by atoms with Gasteiger partial charge in [-0.25, -0.2) is 4.39 Å². The fourth-order valence-electron chi connectivity index (χ4n) is 3.86. The van der Waals surface area contributed by atoms with E-state index in [1.165, 1.54) is 36.2 Å². The van der Waals surface area contributed by atoms with Gasteiger partial charge in [0.1, 0.15) is 5.82 Å². The van der Waals surface area contributed by atoms with Crippen molar-refractivity contribution in [2.24, 2.45) is 0 Å². The van der Waals surface area contributed by atoms with Crippen molar-refractivity contribution in [3.63, 3.8) is 0 Å². The minimum absolute atomic E-state index is 0.0998. The Labute approximate surface area is 170 Å². The number of pyridine rings is 2. The van der Waals surface area contributed by atoms with Gasteiger partial charge < -0.3 is 0 Å². The lowest BCUT2D eigenvalue weighted by atomic mass is 9.95. The van der Waals surface area contributed by atoms with Crippen LogP contribution in [0.1, 0.15) is 54.6 Å². The lowest BCUT2D eigenvalue weighted by Gasteiger charge is -2.15. The SMILES string of the molecule is O=C(/C=C/c1cnc2ccc(F)cc2c1)CCCCc1ccc2c(n1)CCCC2. The lowest BCUT2D eigenvalue weighted by molar-refractivity contribution is -0.114. The highest BCUT2D eigenvalue weighted by Gasteiger charge is 2.10. The fourth-order valence-corrected chi connectivity index (χ4v) is 3.86. The van der Waals surface area contributed by atoms with Crippen LogP contribution in [0.25, 0.3) is 17.0 Å². The number of unbranched alkanes of at least 4 members (excludes halogenated alkanes) is 1. The standard InChI is InChI=1S/C25H25FN2O/c26-21-11-14-24-20(16-21)15-18(17-27-24)9-13-23(29)7-3-2-6-22-12-10-19-5-1-4-8-25(19)28-22/h9-17H,1-8H2/b13-9+. The molecule has 0 saturated carbocycles. The van der Waals surface area contributed by atoms with Crippen LogP contribution in [0.3, 0.4) is 0 Å². The summed E-state index contributed by atoms with van der Waals surface area (Å²) in [5, 5.41) is 0.733. The number of aryl methyl sites for hydroxylation is 3. The summed E-state index contributed by atoms with van der Waals surface area (Å²) in [5.74, 6) is -0.187. The number of ketones is 1. The summed E-state index contributed by atoms with van der Waals surface area (Å²) in [5.41, 5.74) is 5.37. The predicted molar refractivity (Wildman–Crippen MR) is 114 cm³/mol. The van der Waals surface area contributed by atoms with E-state index in [2.05, 4.69) is 17.1 Å². The Balaban J connectivity index is 1.26. The Morgan fingerprint density at radius 3 is 2.90 bits per heavy atom. The molecule has 3 nitrogen and oxygen atoms in total. The van der Waals surface area contributed by atoms with Gasteiger partial charge in [0.15, 0.2) is 5.78 Å². The highest BCUT2D eigenvalue weighted by Crippen LogP contribution is 2.20. The number of carbonyl (C=O) groups is 1. The second-order valence-corrected chi connectivity index (χ2v) is 7.73. The molecule has 4 rings (SSSR count). The molecule has 0 radical (unpaired) electrons. The summed E-state index contributed by atoms with van der Waals surface area (Å²) < 4.78 is 13.4. The van der Waals surface area contributed by atoms with E-state index < -0.39 is 0 Å². The third kappa shape index (κ3) is 5.14. The van der Waals surface area contributed by atoms with Crippen molar-refractivity contribution in [3.8, 4) is 0 Å². The summed E-state index contributed by atoms with van der Waals surface area (Å²) in [6.07, 6.45) is 13.1. The molecule has 0 aliphatic heterocycles. The molecule has 4 heteroatoms. The molecule has 2 heterocycles. The molecule has 3 aromatic rings. The number of fused-ring (bicyclic) bond motifs is 2. The Kier molecular flexibility index (Phi) is 6.09. The predicted octanol–water partition coefficient (Wildman–Crippen LogP) is 5.64. The molecular formula is C25H25FN2O. The van der Waals surface area contributed by atoms with Gasteiger partial charge in [-0.2, -0.15) is 0 Å². The molecule has 1 aromatic carbocycles. The molecule has 1 aliphatic rings. The van der Waals surface area contributed by atoms with Gasteiger partial charge in [-0.3, -0.25) is 14.8 Å². The Morgan fingerprint density at radius 1 is 1.07 bits per heavy atom. The van der Waals surface area contributed by atoms with Crippen LogP contribution in [0.15, 0.2) is 48.7 Å². The maximum atomic E-state index is 13.4. The number of hydrogen-bond donors (Lipinski definition) is 0. The monoisotopic (exact) mass is 388 g/mol.